The first-order valence-electron chi connectivity index (χ1n) is 9.90. The van der Waals surface area contributed by atoms with E-state index >= 15 is 0 Å². The van der Waals surface area contributed by atoms with Gasteiger partial charge in [-0.25, -0.2) is 9.78 Å². The number of carbonyl (C=O) groups is 1. The van der Waals surface area contributed by atoms with Crippen molar-refractivity contribution < 1.29 is 18.7 Å². The molecule has 0 N–H and O–H groups in total. The van der Waals surface area contributed by atoms with E-state index in [1.807, 2.05) is 39.8 Å². The van der Waals surface area contributed by atoms with Crippen molar-refractivity contribution in [1.29, 1.82) is 5.26 Å². The summed E-state index contributed by atoms with van der Waals surface area (Å²) in [6.07, 6.45) is 1.64. The van der Waals surface area contributed by atoms with Gasteiger partial charge in [0.2, 0.25) is 0 Å². The van der Waals surface area contributed by atoms with Gasteiger partial charge in [-0.1, -0.05) is 0 Å². The summed E-state index contributed by atoms with van der Waals surface area (Å²) >= 11 is 0. The van der Waals surface area contributed by atoms with Crippen molar-refractivity contribution in [3.63, 3.8) is 0 Å². The molecule has 0 bridgehead atoms. The third kappa shape index (κ3) is 3.84. The Hall–Kier alpha value is -3.79. The van der Waals surface area contributed by atoms with Gasteiger partial charge >= 0.3 is 6.09 Å². The molecule has 0 radical (unpaired) electrons. The van der Waals surface area contributed by atoms with Gasteiger partial charge in [0, 0.05) is 17.1 Å². The molecule has 0 amide bonds. The van der Waals surface area contributed by atoms with Crippen molar-refractivity contribution in [2.24, 2.45) is 0 Å². The quantitative estimate of drug-likeness (QED) is 0.447. The largest absolute Gasteiger partial charge is 0.496 e. The number of aryl methyl sites for hydroxylation is 1. The van der Waals surface area contributed by atoms with E-state index in [0.717, 1.165) is 22.0 Å². The highest BCUT2D eigenvalue weighted by Crippen LogP contribution is 2.34. The van der Waals surface area contributed by atoms with E-state index in [2.05, 4.69) is 11.1 Å². The topological polar surface area (TPSA) is 90.3 Å². The zero-order chi connectivity index (χ0) is 22.3. The maximum absolute atomic E-state index is 12.7. The Morgan fingerprint density at radius 3 is 2.71 bits per heavy atom. The second kappa shape index (κ2) is 7.47. The summed E-state index contributed by atoms with van der Waals surface area (Å²) in [6, 6.07) is 11.0. The predicted molar refractivity (Wildman–Crippen MR) is 116 cm³/mol. The van der Waals surface area contributed by atoms with Crippen molar-refractivity contribution in [2.45, 2.75) is 39.7 Å². The van der Waals surface area contributed by atoms with Crippen molar-refractivity contribution in [3.8, 4) is 11.8 Å². The molecule has 0 unspecified atom stereocenters. The molecule has 0 spiro atoms. The summed E-state index contributed by atoms with van der Waals surface area (Å²) in [7, 11) is 1.61. The molecule has 0 saturated heterocycles. The first-order chi connectivity index (χ1) is 14.7. The Bertz CT molecular complexity index is 1350. The second-order valence-corrected chi connectivity index (χ2v) is 8.38. The molecule has 0 atom stereocenters. The van der Waals surface area contributed by atoms with Crippen LogP contribution in [0, 0.1) is 18.3 Å². The molecule has 31 heavy (non-hydrogen) atoms. The van der Waals surface area contributed by atoms with Crippen LogP contribution < -0.4 is 4.74 Å². The molecule has 2 aromatic carbocycles. The lowest BCUT2D eigenvalue weighted by atomic mass is 10.0. The van der Waals surface area contributed by atoms with E-state index in [1.54, 1.807) is 31.5 Å². The van der Waals surface area contributed by atoms with Crippen LogP contribution in [-0.2, 0) is 11.2 Å². The summed E-state index contributed by atoms with van der Waals surface area (Å²) in [4.78, 5) is 17.3. The van der Waals surface area contributed by atoms with E-state index in [1.165, 1.54) is 4.57 Å². The lowest BCUT2D eigenvalue weighted by molar-refractivity contribution is 0.0544. The smallest absolute Gasteiger partial charge is 0.419 e. The lowest BCUT2D eigenvalue weighted by Gasteiger charge is -2.20. The number of hydrogen-bond acceptors (Lipinski definition) is 6. The minimum atomic E-state index is -0.600. The molecule has 2 heterocycles. The first-order valence-corrected chi connectivity index (χ1v) is 9.90. The average molecular weight is 417 g/mol. The molecular formula is C24H23N3O4. The monoisotopic (exact) mass is 417 g/mol. The number of aromatic nitrogens is 2. The zero-order valence-corrected chi connectivity index (χ0v) is 18.1. The summed E-state index contributed by atoms with van der Waals surface area (Å²) in [5.41, 5.74) is 3.67. The summed E-state index contributed by atoms with van der Waals surface area (Å²) < 4.78 is 18.6. The molecule has 4 rings (SSSR count). The van der Waals surface area contributed by atoms with Gasteiger partial charge in [-0.05, 0) is 63.6 Å². The molecular weight excluding hydrogens is 394 g/mol. The fourth-order valence-electron chi connectivity index (χ4n) is 3.66. The summed E-state index contributed by atoms with van der Waals surface area (Å²) in [5, 5.41) is 9.97. The third-order valence-electron chi connectivity index (χ3n) is 4.93. The van der Waals surface area contributed by atoms with Crippen molar-refractivity contribution in [2.75, 3.05) is 7.11 Å². The Kier molecular flexibility index (Phi) is 4.94. The van der Waals surface area contributed by atoms with Crippen LogP contribution >= 0.6 is 0 Å². The lowest BCUT2D eigenvalue weighted by Crippen LogP contribution is -2.26. The normalized spacial score (nSPS) is 11.6. The number of nitrogens with zero attached hydrogens (tertiary/aromatic N) is 3. The van der Waals surface area contributed by atoms with Crippen LogP contribution in [0.25, 0.3) is 22.0 Å². The SMILES string of the molecule is COc1cc(C)c2c(ccn2C(=O)OC(C)(C)C)c1Cc1nc2cc(C#N)ccc2o1. The van der Waals surface area contributed by atoms with Gasteiger partial charge in [0.05, 0.1) is 30.7 Å². The van der Waals surface area contributed by atoms with Gasteiger partial charge in [-0.15, -0.1) is 0 Å². The van der Waals surface area contributed by atoms with Crippen molar-refractivity contribution >= 4 is 28.1 Å². The molecule has 0 aliphatic heterocycles. The van der Waals surface area contributed by atoms with E-state index in [9.17, 15) is 4.79 Å². The molecule has 0 aliphatic carbocycles. The number of ether oxygens (including phenoxy) is 2. The minimum Gasteiger partial charge on any atom is -0.496 e. The number of fused-ring (bicyclic) bond motifs is 2. The molecule has 0 aliphatic rings. The predicted octanol–water partition coefficient (Wildman–Crippen LogP) is 5.35. The standard InChI is InChI=1S/C24H23N3O4/c1-14-10-20(29-5)17(12-21-26-18-11-15(13-25)6-7-19(18)30-21)16-8-9-27(22(14)16)23(28)31-24(2,3)4/h6-11H,12H2,1-5H3. The van der Waals surface area contributed by atoms with E-state index < -0.39 is 11.7 Å². The van der Waals surface area contributed by atoms with Gasteiger partial charge in [0.1, 0.15) is 16.9 Å². The van der Waals surface area contributed by atoms with Crippen LogP contribution in [0.2, 0.25) is 0 Å². The molecule has 0 saturated carbocycles. The molecule has 4 aromatic rings. The average Bonchev–Trinajstić information content (AvgIpc) is 3.32. The van der Waals surface area contributed by atoms with Crippen LogP contribution in [0.5, 0.6) is 5.75 Å². The Morgan fingerprint density at radius 1 is 1.26 bits per heavy atom. The van der Waals surface area contributed by atoms with Gasteiger partial charge < -0.3 is 13.9 Å². The molecule has 158 valence electrons. The molecule has 0 fully saturated rings. The number of rotatable bonds is 3. The Morgan fingerprint density at radius 2 is 2.03 bits per heavy atom. The van der Waals surface area contributed by atoms with Crippen molar-refractivity contribution in [1.82, 2.24) is 9.55 Å². The highest BCUT2D eigenvalue weighted by molar-refractivity contribution is 5.95. The zero-order valence-electron chi connectivity index (χ0n) is 18.1. The van der Waals surface area contributed by atoms with E-state index in [0.29, 0.717) is 34.7 Å². The van der Waals surface area contributed by atoms with Gasteiger partial charge in [0.25, 0.3) is 0 Å². The summed E-state index contributed by atoms with van der Waals surface area (Å²) in [6.45, 7) is 7.44. The number of carbonyl (C=O) groups excluding carboxylic acids is 1. The highest BCUT2D eigenvalue weighted by atomic mass is 16.6. The highest BCUT2D eigenvalue weighted by Gasteiger charge is 2.23. The molecule has 7 heteroatoms. The summed E-state index contributed by atoms with van der Waals surface area (Å²) in [5.74, 6) is 1.19. The van der Waals surface area contributed by atoms with Crippen LogP contribution in [0.1, 0.15) is 43.4 Å². The number of hydrogen-bond donors (Lipinski definition) is 0. The maximum atomic E-state index is 12.7. The number of benzene rings is 2. The second-order valence-electron chi connectivity index (χ2n) is 8.38. The maximum Gasteiger partial charge on any atom is 0.419 e. The fourth-order valence-corrected chi connectivity index (χ4v) is 3.66. The van der Waals surface area contributed by atoms with Gasteiger partial charge in [-0.3, -0.25) is 4.57 Å². The molecule has 2 aromatic heterocycles. The first kappa shape index (κ1) is 20.5. The number of methoxy groups -OCH3 is 1. The minimum absolute atomic E-state index is 0.370. The van der Waals surface area contributed by atoms with E-state index in [-0.39, 0.29) is 0 Å². The van der Waals surface area contributed by atoms with Gasteiger partial charge in [-0.2, -0.15) is 5.26 Å². The van der Waals surface area contributed by atoms with Crippen molar-refractivity contribution in [3.05, 3.63) is 59.1 Å². The van der Waals surface area contributed by atoms with Crippen LogP contribution in [0.15, 0.2) is 40.9 Å². The Balaban J connectivity index is 1.81. The van der Waals surface area contributed by atoms with Gasteiger partial charge in [0.15, 0.2) is 11.5 Å². The number of oxazole rings is 1. The molecule has 7 nitrogen and oxygen atoms in total. The van der Waals surface area contributed by atoms with Crippen LogP contribution in [0.4, 0.5) is 4.79 Å². The Labute approximate surface area is 179 Å². The van der Waals surface area contributed by atoms with Crippen LogP contribution in [-0.4, -0.2) is 28.4 Å². The number of nitriles is 1. The van der Waals surface area contributed by atoms with E-state index in [4.69, 9.17) is 19.2 Å². The third-order valence-corrected chi connectivity index (χ3v) is 4.93. The van der Waals surface area contributed by atoms with Crippen LogP contribution in [0.3, 0.4) is 0 Å². The fraction of sp³-hybridized carbons (Fsp3) is 0.292.